The molecule has 1 heteroatoms. The van der Waals surface area contributed by atoms with Gasteiger partial charge in [0.1, 0.15) is 0 Å². The number of rotatable bonds is 2. The maximum atomic E-state index is 3.76. The predicted octanol–water partition coefficient (Wildman–Crippen LogP) is 3.41. The Morgan fingerprint density at radius 1 is 1.07 bits per heavy atom. The monoisotopic (exact) mass is 308 g/mol. The van der Waals surface area contributed by atoms with Crippen LogP contribution in [0.25, 0.3) is 10.8 Å². The van der Waals surface area contributed by atoms with Crippen LogP contribution in [0.4, 0.5) is 0 Å². The first-order valence-corrected chi connectivity index (χ1v) is 4.49. The smallest absolute Gasteiger partial charge is 1.00 e. The van der Waals surface area contributed by atoms with Crippen molar-refractivity contribution < 1.29 is 2.85 Å². The molecular weight excluding hydrogens is 293 g/mol. The maximum absolute atomic E-state index is 3.76. The largest absolute Gasteiger partial charge is 2.00 e. The third kappa shape index (κ3) is 2.53. The minimum absolute atomic E-state index is 0. The number of allylic oxidation sites excluding steroid dienone is 1. The molecule has 0 spiro atoms. The molecule has 2 aromatic rings. The number of hydrogen-bond donors (Lipinski definition) is 0. The predicted molar refractivity (Wildman–Crippen MR) is 65.8 cm³/mol. The summed E-state index contributed by atoms with van der Waals surface area (Å²) >= 11 is 0. The number of benzene rings is 2. The Morgan fingerprint density at radius 3 is 2.57 bits per heavy atom. The van der Waals surface area contributed by atoms with E-state index in [9.17, 15) is 0 Å². The van der Waals surface area contributed by atoms with Gasteiger partial charge in [-0.2, -0.15) is 0 Å². The Bertz CT molecular complexity index is 435. The third-order valence-corrected chi connectivity index (χ3v) is 2.24. The Labute approximate surface area is 128 Å². The fourth-order valence-corrected chi connectivity index (χ4v) is 1.63. The van der Waals surface area contributed by atoms with E-state index < -0.39 is 0 Å². The van der Waals surface area contributed by atoms with E-state index in [0.717, 1.165) is 6.42 Å². The Balaban J connectivity index is 0. The van der Waals surface area contributed by atoms with E-state index >= 15 is 0 Å². The first-order valence-electron chi connectivity index (χ1n) is 4.49. The first-order chi connectivity index (χ1) is 6.42. The zero-order valence-electron chi connectivity index (χ0n) is 10.2. The molecule has 0 aliphatic heterocycles. The van der Waals surface area contributed by atoms with Crippen LogP contribution >= 0.6 is 0 Å². The van der Waals surface area contributed by atoms with Crippen LogP contribution in [0.3, 0.4) is 0 Å². The van der Waals surface area contributed by atoms with Crippen molar-refractivity contribution in [2.45, 2.75) is 6.42 Å². The second-order valence-corrected chi connectivity index (χ2v) is 3.13. The van der Waals surface area contributed by atoms with Crippen LogP contribution in [0.2, 0.25) is 0 Å². The summed E-state index contributed by atoms with van der Waals surface area (Å²) in [6.07, 6.45) is 2.89. The van der Waals surface area contributed by atoms with E-state index in [-0.39, 0.29) is 51.7 Å². The molecule has 0 N–H and O–H groups in total. The molecule has 0 aliphatic carbocycles. The van der Waals surface area contributed by atoms with Crippen LogP contribution in [0, 0.1) is 0 Å². The van der Waals surface area contributed by atoms with Gasteiger partial charge >= 0.3 is 48.9 Å². The second kappa shape index (κ2) is 5.79. The van der Waals surface area contributed by atoms with Crippen LogP contribution < -0.4 is 0 Å². The van der Waals surface area contributed by atoms with E-state index in [2.05, 4.69) is 49.0 Å². The molecule has 0 radical (unpaired) electrons. The molecular formula is C13H14Ba. The molecule has 14 heavy (non-hydrogen) atoms. The van der Waals surface area contributed by atoms with Gasteiger partial charge in [0.15, 0.2) is 0 Å². The molecule has 0 aromatic heterocycles. The molecule has 0 atom stereocenters. The Morgan fingerprint density at radius 2 is 1.79 bits per heavy atom. The molecule has 0 saturated carbocycles. The normalized spacial score (nSPS) is 9.43. The van der Waals surface area contributed by atoms with Gasteiger partial charge in [0.2, 0.25) is 0 Å². The van der Waals surface area contributed by atoms with Crippen LogP contribution in [0.15, 0.2) is 55.1 Å². The van der Waals surface area contributed by atoms with Gasteiger partial charge in [-0.3, -0.25) is 0 Å². The van der Waals surface area contributed by atoms with Gasteiger partial charge in [-0.25, -0.2) is 0 Å². The minimum Gasteiger partial charge on any atom is -1.00 e. The topological polar surface area (TPSA) is 0 Å². The molecule has 0 bridgehead atoms. The summed E-state index contributed by atoms with van der Waals surface area (Å²) in [6, 6.07) is 14.8. The zero-order chi connectivity index (χ0) is 9.10. The van der Waals surface area contributed by atoms with Gasteiger partial charge in [-0.15, -0.1) is 6.58 Å². The van der Waals surface area contributed by atoms with E-state index in [1.165, 1.54) is 16.3 Å². The molecule has 0 heterocycles. The van der Waals surface area contributed by atoms with E-state index in [1.54, 1.807) is 0 Å². The van der Waals surface area contributed by atoms with Gasteiger partial charge in [-0.1, -0.05) is 48.5 Å². The van der Waals surface area contributed by atoms with Crippen LogP contribution in [0.1, 0.15) is 8.42 Å². The van der Waals surface area contributed by atoms with E-state index in [4.69, 9.17) is 0 Å². The van der Waals surface area contributed by atoms with Crippen molar-refractivity contribution in [1.29, 1.82) is 0 Å². The molecule has 2 rings (SSSR count). The molecule has 0 saturated heterocycles. The van der Waals surface area contributed by atoms with Gasteiger partial charge in [-0.05, 0) is 22.8 Å². The first kappa shape index (κ1) is 12.1. The Hall–Kier alpha value is 0.0114. The Kier molecular flexibility index (Phi) is 4.99. The molecule has 68 valence electrons. The fourth-order valence-electron chi connectivity index (χ4n) is 1.63. The molecule has 0 amide bonds. The number of hydrogen-bond acceptors (Lipinski definition) is 0. The molecule has 0 nitrogen and oxygen atoms in total. The quantitative estimate of drug-likeness (QED) is 0.589. The van der Waals surface area contributed by atoms with Gasteiger partial charge in [0.25, 0.3) is 0 Å². The van der Waals surface area contributed by atoms with Gasteiger partial charge < -0.3 is 2.85 Å². The van der Waals surface area contributed by atoms with Crippen molar-refractivity contribution in [3.63, 3.8) is 0 Å². The minimum atomic E-state index is 0. The van der Waals surface area contributed by atoms with Gasteiger partial charge in [0.05, 0.1) is 0 Å². The second-order valence-electron chi connectivity index (χ2n) is 3.13. The van der Waals surface area contributed by atoms with Crippen molar-refractivity contribution in [3.8, 4) is 0 Å². The molecule has 0 unspecified atom stereocenters. The fraction of sp³-hybridized carbons (Fsp3) is 0.0769. The summed E-state index contributed by atoms with van der Waals surface area (Å²) in [5.41, 5.74) is 1.35. The van der Waals surface area contributed by atoms with Crippen LogP contribution in [-0.4, -0.2) is 48.9 Å². The van der Waals surface area contributed by atoms with E-state index in [0.29, 0.717) is 0 Å². The summed E-state index contributed by atoms with van der Waals surface area (Å²) in [7, 11) is 0. The van der Waals surface area contributed by atoms with Crippen molar-refractivity contribution in [2.75, 3.05) is 0 Å². The average molecular weight is 308 g/mol. The van der Waals surface area contributed by atoms with Crippen molar-refractivity contribution in [3.05, 3.63) is 60.7 Å². The summed E-state index contributed by atoms with van der Waals surface area (Å²) in [6.45, 7) is 3.76. The van der Waals surface area contributed by atoms with Crippen LogP contribution in [-0.2, 0) is 6.42 Å². The SMILES string of the molecule is C=CCc1cccc2ccccc12.[Ba+2].[H-].[H-]. The van der Waals surface area contributed by atoms with Crippen LogP contribution in [0.5, 0.6) is 0 Å². The van der Waals surface area contributed by atoms with Gasteiger partial charge in [0, 0.05) is 0 Å². The summed E-state index contributed by atoms with van der Waals surface area (Å²) in [4.78, 5) is 0. The molecule has 0 fully saturated rings. The summed E-state index contributed by atoms with van der Waals surface area (Å²) in [5, 5.41) is 2.65. The van der Waals surface area contributed by atoms with E-state index in [1.807, 2.05) is 6.08 Å². The average Bonchev–Trinajstić information content (AvgIpc) is 2.19. The third-order valence-electron chi connectivity index (χ3n) is 2.24. The standard InChI is InChI=1S/C13H12.Ba.2H/c1-2-6-11-8-5-9-12-7-3-4-10-13(11)12;;;/h2-5,7-10H,1,6H2;;;/q;+2;2*-1. The summed E-state index contributed by atoms with van der Waals surface area (Å²) < 4.78 is 0. The summed E-state index contributed by atoms with van der Waals surface area (Å²) in [5.74, 6) is 0. The molecule has 0 aliphatic rings. The van der Waals surface area contributed by atoms with Crippen molar-refractivity contribution >= 4 is 59.7 Å². The maximum Gasteiger partial charge on any atom is 2.00 e. The molecule has 2 aromatic carbocycles. The van der Waals surface area contributed by atoms with Crippen molar-refractivity contribution in [2.24, 2.45) is 0 Å². The van der Waals surface area contributed by atoms with Crippen molar-refractivity contribution in [1.82, 2.24) is 0 Å². The number of fused-ring (bicyclic) bond motifs is 1. The zero-order valence-corrected chi connectivity index (χ0v) is 12.7.